The molecule has 4 rings (SSSR count). The Bertz CT molecular complexity index is 1280. The Morgan fingerprint density at radius 1 is 0.974 bits per heavy atom. The number of hydrogen-bond donors (Lipinski definition) is 1. The van der Waals surface area contributed by atoms with Gasteiger partial charge in [-0.15, -0.1) is 11.8 Å². The quantitative estimate of drug-likeness (QED) is 0.210. The highest BCUT2D eigenvalue weighted by atomic mass is 32.2. The molecule has 1 aliphatic heterocycles. The van der Waals surface area contributed by atoms with E-state index in [4.69, 9.17) is 4.74 Å². The van der Waals surface area contributed by atoms with Crippen LogP contribution in [0.15, 0.2) is 71.6 Å². The zero-order chi connectivity index (χ0) is 28.2. The first-order valence-corrected chi connectivity index (χ1v) is 14.8. The van der Waals surface area contributed by atoms with Gasteiger partial charge in [0.15, 0.2) is 11.4 Å². The Hall–Kier alpha value is -3.09. The van der Waals surface area contributed by atoms with Gasteiger partial charge in [0.2, 0.25) is 0 Å². The summed E-state index contributed by atoms with van der Waals surface area (Å²) < 4.78 is 5.89. The zero-order valence-electron chi connectivity index (χ0n) is 23.6. The second-order valence-corrected chi connectivity index (χ2v) is 12.0. The van der Waals surface area contributed by atoms with Crippen LogP contribution in [0.25, 0.3) is 0 Å². The first-order chi connectivity index (χ1) is 18.6. The minimum atomic E-state index is -1.30. The summed E-state index contributed by atoms with van der Waals surface area (Å²) in [7, 11) is 0. The third-order valence-corrected chi connectivity index (χ3v) is 8.42. The topological polar surface area (TPSA) is 66.8 Å². The van der Waals surface area contributed by atoms with Crippen LogP contribution in [-0.2, 0) is 17.8 Å². The van der Waals surface area contributed by atoms with Gasteiger partial charge in [0.25, 0.3) is 0 Å². The monoisotopic (exact) mass is 545 g/mol. The predicted molar refractivity (Wildman–Crippen MR) is 158 cm³/mol. The fourth-order valence-corrected chi connectivity index (χ4v) is 5.89. The predicted octanol–water partition coefficient (Wildman–Crippen LogP) is 6.83. The Balaban J connectivity index is 1.51. The molecule has 1 N–H and O–H groups in total. The van der Waals surface area contributed by atoms with E-state index in [-0.39, 0.29) is 17.6 Å². The van der Waals surface area contributed by atoms with Crippen LogP contribution < -0.4 is 4.74 Å². The highest BCUT2D eigenvalue weighted by molar-refractivity contribution is 7.98. The second kappa shape index (κ2) is 12.4. The van der Waals surface area contributed by atoms with Crippen molar-refractivity contribution in [3.63, 3.8) is 0 Å². The average molecular weight is 546 g/mol. The van der Waals surface area contributed by atoms with E-state index in [0.29, 0.717) is 5.75 Å². The largest absolute Gasteiger partial charge is 0.478 e. The molecule has 0 aromatic heterocycles. The second-order valence-electron chi connectivity index (χ2n) is 11.2. The molecule has 6 heteroatoms. The Morgan fingerprint density at radius 3 is 2.21 bits per heavy atom. The van der Waals surface area contributed by atoms with Crippen LogP contribution in [0.5, 0.6) is 5.75 Å². The fourth-order valence-electron chi connectivity index (χ4n) is 5.49. The van der Waals surface area contributed by atoms with Gasteiger partial charge in [-0.2, -0.15) is 0 Å². The van der Waals surface area contributed by atoms with Crippen molar-refractivity contribution in [1.29, 1.82) is 0 Å². The third-order valence-electron chi connectivity index (χ3n) is 7.67. The smallest absolute Gasteiger partial charge is 0.347 e. The van der Waals surface area contributed by atoms with E-state index in [1.165, 1.54) is 11.1 Å². The van der Waals surface area contributed by atoms with E-state index < -0.39 is 11.6 Å². The zero-order valence-corrected chi connectivity index (χ0v) is 24.4. The summed E-state index contributed by atoms with van der Waals surface area (Å²) in [4.78, 5) is 28.9. The van der Waals surface area contributed by atoms with Crippen LogP contribution >= 0.6 is 11.8 Å². The molecule has 1 unspecified atom stereocenters. The van der Waals surface area contributed by atoms with Crippen LogP contribution in [0.1, 0.15) is 52.9 Å². The van der Waals surface area contributed by atoms with Crippen LogP contribution in [0, 0.1) is 25.7 Å². The summed E-state index contributed by atoms with van der Waals surface area (Å²) >= 11 is 1.68. The van der Waals surface area contributed by atoms with Gasteiger partial charge in [0.05, 0.1) is 0 Å². The number of thioether (sulfide) groups is 1. The molecule has 2 atom stereocenters. The molecule has 0 amide bonds. The van der Waals surface area contributed by atoms with Crippen molar-refractivity contribution in [1.82, 2.24) is 4.90 Å². The number of carbonyl (C=O) groups is 2. The molecule has 0 spiro atoms. The van der Waals surface area contributed by atoms with Crippen molar-refractivity contribution in [2.45, 2.75) is 57.6 Å². The standard InChI is InChI=1S/C33H39NO4S/c1-22-17-25(18-23(2)31(22)38-33(3,4)32(36)37)11-12-27-20-34(19-24-9-7-6-8-10-24)21-29(27)30(35)26-13-15-28(39-5)16-14-26/h6-10,13-18,27,29H,11-12,19-21H2,1-5H3,(H,36,37)/t27-,29?/m0/s1. The number of carbonyl (C=O) groups excluding carboxylic acids is 1. The van der Waals surface area contributed by atoms with Gasteiger partial charge < -0.3 is 9.84 Å². The van der Waals surface area contributed by atoms with Crippen molar-refractivity contribution < 1.29 is 19.4 Å². The molecule has 1 heterocycles. The van der Waals surface area contributed by atoms with Gasteiger partial charge in [-0.25, -0.2) is 4.79 Å². The van der Waals surface area contributed by atoms with Gasteiger partial charge in [0.1, 0.15) is 5.75 Å². The van der Waals surface area contributed by atoms with Crippen LogP contribution in [-0.4, -0.2) is 46.7 Å². The summed E-state index contributed by atoms with van der Waals surface area (Å²) in [6, 6.07) is 22.6. The maximum Gasteiger partial charge on any atom is 0.347 e. The highest BCUT2D eigenvalue weighted by Crippen LogP contribution is 2.34. The van der Waals surface area contributed by atoms with Gasteiger partial charge in [-0.05, 0) is 87.1 Å². The summed E-state index contributed by atoms with van der Waals surface area (Å²) in [5.41, 5.74) is 3.79. The molecule has 1 fully saturated rings. The minimum Gasteiger partial charge on any atom is -0.478 e. The molecule has 0 radical (unpaired) electrons. The normalized spacial score (nSPS) is 17.8. The highest BCUT2D eigenvalue weighted by Gasteiger charge is 2.37. The number of aryl methyl sites for hydroxylation is 3. The summed E-state index contributed by atoms with van der Waals surface area (Å²) in [6.07, 6.45) is 3.80. The molecular formula is C33H39NO4S. The van der Waals surface area contributed by atoms with Gasteiger partial charge in [0, 0.05) is 36.0 Å². The van der Waals surface area contributed by atoms with Crippen molar-refractivity contribution in [3.8, 4) is 5.75 Å². The number of benzene rings is 3. The van der Waals surface area contributed by atoms with Gasteiger partial charge in [-0.1, -0.05) is 54.6 Å². The number of carboxylic acids is 1. The van der Waals surface area contributed by atoms with Gasteiger partial charge in [-0.3, -0.25) is 9.69 Å². The van der Waals surface area contributed by atoms with E-state index in [1.807, 2.05) is 50.4 Å². The maximum atomic E-state index is 13.7. The lowest BCUT2D eigenvalue weighted by atomic mass is 9.84. The lowest BCUT2D eigenvalue weighted by molar-refractivity contribution is -0.152. The number of aliphatic carboxylic acids is 1. The number of likely N-dealkylation sites (tertiary alicyclic amines) is 1. The molecule has 5 nitrogen and oxygen atoms in total. The molecule has 206 valence electrons. The number of Topliss-reactive ketones (excluding diaryl/α,β-unsaturated/α-hetero) is 1. The van der Waals surface area contributed by atoms with Crippen molar-refractivity contribution >= 4 is 23.5 Å². The molecule has 0 saturated carbocycles. The lowest BCUT2D eigenvalue weighted by Crippen LogP contribution is -2.38. The van der Waals surface area contributed by atoms with E-state index in [9.17, 15) is 14.7 Å². The maximum absolute atomic E-state index is 13.7. The van der Waals surface area contributed by atoms with Crippen molar-refractivity contribution in [3.05, 3.63) is 94.5 Å². The van der Waals surface area contributed by atoms with Gasteiger partial charge >= 0.3 is 5.97 Å². The van der Waals surface area contributed by atoms with E-state index in [1.54, 1.807) is 25.6 Å². The molecule has 0 bridgehead atoms. The molecule has 0 aliphatic carbocycles. The van der Waals surface area contributed by atoms with Crippen LogP contribution in [0.4, 0.5) is 0 Å². The number of nitrogens with zero attached hydrogens (tertiary/aromatic N) is 1. The Kier molecular flexibility index (Phi) is 9.19. The summed E-state index contributed by atoms with van der Waals surface area (Å²) in [5, 5.41) is 9.48. The molecule has 1 aliphatic rings. The molecular weight excluding hydrogens is 506 g/mol. The molecule has 39 heavy (non-hydrogen) atoms. The molecule has 3 aromatic rings. The fraction of sp³-hybridized carbons (Fsp3) is 0.394. The van der Waals surface area contributed by atoms with E-state index in [0.717, 1.165) is 54.1 Å². The number of rotatable bonds is 11. The Labute approximate surface area is 236 Å². The summed E-state index contributed by atoms with van der Waals surface area (Å²) in [5.74, 6) is 0.0717. The first-order valence-electron chi connectivity index (χ1n) is 13.5. The van der Waals surface area contributed by atoms with Crippen molar-refractivity contribution in [2.75, 3.05) is 19.3 Å². The molecule has 1 saturated heterocycles. The first kappa shape index (κ1) is 28.9. The number of ether oxygens (including phenoxy) is 1. The van der Waals surface area contributed by atoms with E-state index in [2.05, 4.69) is 41.3 Å². The lowest BCUT2D eigenvalue weighted by Gasteiger charge is -2.25. The van der Waals surface area contributed by atoms with Crippen molar-refractivity contribution in [2.24, 2.45) is 11.8 Å². The summed E-state index contributed by atoms with van der Waals surface area (Å²) in [6.45, 7) is 9.55. The van der Waals surface area contributed by atoms with Crippen LogP contribution in [0.2, 0.25) is 0 Å². The SMILES string of the molecule is CSc1ccc(C(=O)C2CN(Cc3ccccc3)C[C@@H]2CCc2cc(C)c(OC(C)(C)C(=O)O)c(C)c2)cc1. The molecule has 3 aromatic carbocycles. The average Bonchev–Trinajstić information content (AvgIpc) is 3.32. The number of ketones is 1. The third kappa shape index (κ3) is 7.11. The van der Waals surface area contributed by atoms with E-state index >= 15 is 0 Å². The Morgan fingerprint density at radius 2 is 1.62 bits per heavy atom. The minimum absolute atomic E-state index is 0.0463. The number of carboxylic acid groups (broad SMARTS) is 1. The number of hydrogen-bond acceptors (Lipinski definition) is 5. The van der Waals surface area contributed by atoms with Crippen LogP contribution in [0.3, 0.4) is 0 Å².